The SMILES string of the molecule is COc1ccc(C(N)c2cc(C)c(Br)s2)c2ccccc12. The van der Waals surface area contributed by atoms with Gasteiger partial charge in [-0.05, 0) is 51.5 Å². The van der Waals surface area contributed by atoms with E-state index in [1.54, 1.807) is 18.4 Å². The lowest BCUT2D eigenvalue weighted by Gasteiger charge is -2.15. The zero-order valence-corrected chi connectivity index (χ0v) is 14.3. The molecule has 0 aliphatic heterocycles. The van der Waals surface area contributed by atoms with Crippen LogP contribution in [-0.2, 0) is 0 Å². The molecular weight excluding hydrogens is 346 g/mol. The summed E-state index contributed by atoms with van der Waals surface area (Å²) in [5.41, 5.74) is 8.86. The monoisotopic (exact) mass is 361 g/mol. The van der Waals surface area contributed by atoms with Gasteiger partial charge in [0.15, 0.2) is 0 Å². The smallest absolute Gasteiger partial charge is 0.126 e. The highest BCUT2D eigenvalue weighted by atomic mass is 79.9. The molecule has 0 aliphatic carbocycles. The predicted molar refractivity (Wildman–Crippen MR) is 93.3 cm³/mol. The second-order valence-corrected chi connectivity index (χ2v) is 7.39. The van der Waals surface area contributed by atoms with Crippen LogP contribution in [-0.4, -0.2) is 7.11 Å². The average molecular weight is 362 g/mol. The number of fused-ring (bicyclic) bond motifs is 1. The maximum atomic E-state index is 6.50. The van der Waals surface area contributed by atoms with Gasteiger partial charge in [-0.3, -0.25) is 0 Å². The Labute approximate surface area is 136 Å². The molecule has 0 amide bonds. The Balaban J connectivity index is 2.16. The number of benzene rings is 2. The quantitative estimate of drug-likeness (QED) is 0.709. The van der Waals surface area contributed by atoms with Crippen molar-refractivity contribution in [1.29, 1.82) is 0 Å². The van der Waals surface area contributed by atoms with Crippen LogP contribution in [0, 0.1) is 6.92 Å². The Morgan fingerprint density at radius 2 is 1.86 bits per heavy atom. The van der Waals surface area contributed by atoms with Crippen molar-refractivity contribution in [3.05, 3.63) is 62.3 Å². The molecule has 0 spiro atoms. The minimum atomic E-state index is -0.129. The molecule has 2 aromatic carbocycles. The molecule has 1 heterocycles. The van der Waals surface area contributed by atoms with Crippen molar-refractivity contribution in [2.24, 2.45) is 5.73 Å². The van der Waals surface area contributed by atoms with Crippen LogP contribution in [0.4, 0.5) is 0 Å². The topological polar surface area (TPSA) is 35.2 Å². The molecule has 1 aromatic heterocycles. The summed E-state index contributed by atoms with van der Waals surface area (Å²) in [4.78, 5) is 1.16. The van der Waals surface area contributed by atoms with Gasteiger partial charge in [-0.15, -0.1) is 11.3 Å². The normalized spacial score (nSPS) is 12.6. The van der Waals surface area contributed by atoms with Gasteiger partial charge in [0.25, 0.3) is 0 Å². The van der Waals surface area contributed by atoms with E-state index < -0.39 is 0 Å². The fourth-order valence-electron chi connectivity index (χ4n) is 2.53. The zero-order valence-electron chi connectivity index (χ0n) is 11.9. The van der Waals surface area contributed by atoms with Crippen LogP contribution in [0.1, 0.15) is 22.0 Å². The second-order valence-electron chi connectivity index (χ2n) is 4.99. The van der Waals surface area contributed by atoms with E-state index in [4.69, 9.17) is 10.5 Å². The van der Waals surface area contributed by atoms with Crippen LogP contribution in [0.3, 0.4) is 0 Å². The number of rotatable bonds is 3. The molecule has 1 unspecified atom stereocenters. The van der Waals surface area contributed by atoms with Gasteiger partial charge in [-0.1, -0.05) is 30.3 Å². The van der Waals surface area contributed by atoms with E-state index >= 15 is 0 Å². The summed E-state index contributed by atoms with van der Waals surface area (Å²) in [7, 11) is 1.70. The molecule has 3 aromatic rings. The molecular formula is C17H16BrNOS. The van der Waals surface area contributed by atoms with Gasteiger partial charge in [-0.25, -0.2) is 0 Å². The first-order chi connectivity index (χ1) is 10.1. The van der Waals surface area contributed by atoms with Gasteiger partial charge in [0.2, 0.25) is 0 Å². The highest BCUT2D eigenvalue weighted by molar-refractivity contribution is 9.11. The fraction of sp³-hybridized carbons (Fsp3) is 0.176. The molecule has 0 aliphatic rings. The lowest BCUT2D eigenvalue weighted by Crippen LogP contribution is -2.10. The summed E-state index contributed by atoms with van der Waals surface area (Å²) < 4.78 is 6.59. The van der Waals surface area contributed by atoms with Gasteiger partial charge in [0.1, 0.15) is 5.75 Å². The third-order valence-electron chi connectivity index (χ3n) is 3.66. The summed E-state index contributed by atoms with van der Waals surface area (Å²) in [6, 6.07) is 14.3. The van der Waals surface area contributed by atoms with Gasteiger partial charge < -0.3 is 10.5 Å². The van der Waals surface area contributed by atoms with E-state index in [9.17, 15) is 0 Å². The molecule has 0 saturated heterocycles. The molecule has 108 valence electrons. The number of nitrogens with two attached hydrogens (primary N) is 1. The molecule has 4 heteroatoms. The molecule has 0 radical (unpaired) electrons. The lowest BCUT2D eigenvalue weighted by atomic mass is 9.97. The van der Waals surface area contributed by atoms with Gasteiger partial charge in [0, 0.05) is 10.3 Å². The van der Waals surface area contributed by atoms with E-state index in [-0.39, 0.29) is 6.04 Å². The van der Waals surface area contributed by atoms with Crippen molar-refractivity contribution < 1.29 is 4.74 Å². The standard InChI is InChI=1S/C17H16BrNOS/c1-10-9-15(21-17(10)18)16(19)13-7-8-14(20-2)12-6-4-3-5-11(12)13/h3-9,16H,19H2,1-2H3. The van der Waals surface area contributed by atoms with Crippen molar-refractivity contribution in [3.8, 4) is 5.75 Å². The second kappa shape index (κ2) is 5.79. The summed E-state index contributed by atoms with van der Waals surface area (Å²) in [5, 5.41) is 2.24. The zero-order chi connectivity index (χ0) is 15.0. The molecule has 0 fully saturated rings. The van der Waals surface area contributed by atoms with E-state index in [0.29, 0.717) is 0 Å². The summed E-state index contributed by atoms with van der Waals surface area (Å²) >= 11 is 5.27. The number of aryl methyl sites for hydroxylation is 1. The maximum Gasteiger partial charge on any atom is 0.126 e. The summed E-state index contributed by atoms with van der Waals surface area (Å²) in [6.07, 6.45) is 0. The van der Waals surface area contributed by atoms with E-state index in [1.807, 2.05) is 18.2 Å². The minimum absolute atomic E-state index is 0.129. The lowest BCUT2D eigenvalue weighted by molar-refractivity contribution is 0.419. The van der Waals surface area contributed by atoms with Crippen molar-refractivity contribution in [2.45, 2.75) is 13.0 Å². The molecule has 0 saturated carbocycles. The first-order valence-corrected chi connectivity index (χ1v) is 8.30. The number of halogens is 1. The van der Waals surface area contributed by atoms with Crippen LogP contribution >= 0.6 is 27.3 Å². The van der Waals surface area contributed by atoms with Crippen LogP contribution in [0.2, 0.25) is 0 Å². The predicted octanol–water partition coefficient (Wildman–Crippen LogP) is 5.03. The molecule has 3 rings (SSSR count). The van der Waals surface area contributed by atoms with Crippen LogP contribution in [0.25, 0.3) is 10.8 Å². The Bertz CT molecular complexity index is 777. The molecule has 2 nitrogen and oxygen atoms in total. The van der Waals surface area contributed by atoms with E-state index in [1.165, 1.54) is 5.56 Å². The Morgan fingerprint density at radius 3 is 2.48 bits per heavy atom. The Kier molecular flexibility index (Phi) is 4.02. The van der Waals surface area contributed by atoms with Crippen molar-refractivity contribution in [1.82, 2.24) is 0 Å². The molecule has 1 atom stereocenters. The van der Waals surface area contributed by atoms with Crippen molar-refractivity contribution in [2.75, 3.05) is 7.11 Å². The summed E-state index contributed by atoms with van der Waals surface area (Å²) in [6.45, 7) is 2.09. The third-order valence-corrected chi connectivity index (χ3v) is 5.88. The van der Waals surface area contributed by atoms with Crippen molar-refractivity contribution in [3.63, 3.8) is 0 Å². The number of hydrogen-bond acceptors (Lipinski definition) is 3. The third kappa shape index (κ3) is 2.59. The number of methoxy groups -OCH3 is 1. The highest BCUT2D eigenvalue weighted by Gasteiger charge is 2.17. The first-order valence-electron chi connectivity index (χ1n) is 6.69. The maximum absolute atomic E-state index is 6.50. The van der Waals surface area contributed by atoms with Crippen molar-refractivity contribution >= 4 is 38.0 Å². The number of ether oxygens (including phenoxy) is 1. The Morgan fingerprint density at radius 1 is 1.14 bits per heavy atom. The molecule has 21 heavy (non-hydrogen) atoms. The first kappa shape index (κ1) is 14.6. The molecule has 0 bridgehead atoms. The van der Waals surface area contributed by atoms with Gasteiger partial charge in [0.05, 0.1) is 16.9 Å². The van der Waals surface area contributed by atoms with E-state index in [2.05, 4.69) is 47.1 Å². The van der Waals surface area contributed by atoms with Crippen LogP contribution in [0.15, 0.2) is 46.3 Å². The minimum Gasteiger partial charge on any atom is -0.496 e. The van der Waals surface area contributed by atoms with E-state index in [0.717, 1.165) is 30.7 Å². The number of thiophene rings is 1. The molecule has 2 N–H and O–H groups in total. The Hall–Kier alpha value is -1.36. The number of hydrogen-bond donors (Lipinski definition) is 1. The van der Waals surface area contributed by atoms with Gasteiger partial charge in [-0.2, -0.15) is 0 Å². The van der Waals surface area contributed by atoms with Crippen LogP contribution < -0.4 is 10.5 Å². The van der Waals surface area contributed by atoms with Crippen LogP contribution in [0.5, 0.6) is 5.75 Å². The highest BCUT2D eigenvalue weighted by Crippen LogP contribution is 2.37. The fourth-order valence-corrected chi connectivity index (χ4v) is 4.13. The largest absolute Gasteiger partial charge is 0.496 e. The van der Waals surface area contributed by atoms with Gasteiger partial charge >= 0.3 is 0 Å². The summed E-state index contributed by atoms with van der Waals surface area (Å²) in [5.74, 6) is 0.880. The average Bonchev–Trinajstić information content (AvgIpc) is 2.85.